The summed E-state index contributed by atoms with van der Waals surface area (Å²) < 4.78 is 26.5. The van der Waals surface area contributed by atoms with Gasteiger partial charge in [0.2, 0.25) is 5.75 Å². The van der Waals surface area contributed by atoms with Gasteiger partial charge in [0.1, 0.15) is 17.2 Å². The van der Waals surface area contributed by atoms with E-state index in [0.717, 1.165) is 11.1 Å². The lowest BCUT2D eigenvalue weighted by molar-refractivity contribution is 0.104. The SMILES string of the molecule is COc1cc(OC)c(/C=C/C(=O)c2ccc(/C=C/c3cc(OC)c(O)c(OC)c3)cc2)c(OC)c1. The number of benzene rings is 3. The maximum atomic E-state index is 12.7. The van der Waals surface area contributed by atoms with E-state index in [1.165, 1.54) is 20.3 Å². The van der Waals surface area contributed by atoms with E-state index in [1.54, 1.807) is 63.8 Å². The molecular formula is C28H28O7. The molecule has 3 rings (SSSR count). The van der Waals surface area contributed by atoms with Crippen molar-refractivity contribution in [3.05, 3.63) is 76.9 Å². The summed E-state index contributed by atoms with van der Waals surface area (Å²) in [5.74, 6) is 2.10. The van der Waals surface area contributed by atoms with E-state index < -0.39 is 0 Å². The molecule has 0 fully saturated rings. The first kappa shape index (κ1) is 25.2. The first-order valence-corrected chi connectivity index (χ1v) is 10.7. The van der Waals surface area contributed by atoms with Crippen molar-refractivity contribution < 1.29 is 33.6 Å². The summed E-state index contributed by atoms with van der Waals surface area (Å²) in [4.78, 5) is 12.7. The van der Waals surface area contributed by atoms with Gasteiger partial charge in [0.05, 0.1) is 41.1 Å². The van der Waals surface area contributed by atoms with Gasteiger partial charge >= 0.3 is 0 Å². The molecular weight excluding hydrogens is 448 g/mol. The highest BCUT2D eigenvalue weighted by Crippen LogP contribution is 2.38. The molecule has 35 heavy (non-hydrogen) atoms. The van der Waals surface area contributed by atoms with E-state index in [1.807, 2.05) is 24.3 Å². The lowest BCUT2D eigenvalue weighted by Crippen LogP contribution is -1.97. The molecule has 3 aromatic rings. The average Bonchev–Trinajstić information content (AvgIpc) is 2.90. The molecule has 0 radical (unpaired) electrons. The van der Waals surface area contributed by atoms with Crippen molar-refractivity contribution in [3.63, 3.8) is 0 Å². The maximum Gasteiger partial charge on any atom is 0.200 e. The number of ketones is 1. The Bertz CT molecular complexity index is 1190. The Morgan fingerprint density at radius 3 is 1.66 bits per heavy atom. The summed E-state index contributed by atoms with van der Waals surface area (Å²) in [6, 6.07) is 14.1. The molecule has 0 unspecified atom stereocenters. The zero-order valence-corrected chi connectivity index (χ0v) is 20.3. The van der Waals surface area contributed by atoms with E-state index >= 15 is 0 Å². The summed E-state index contributed by atoms with van der Waals surface area (Å²) in [5.41, 5.74) is 2.87. The van der Waals surface area contributed by atoms with Crippen LogP contribution in [0, 0.1) is 0 Å². The summed E-state index contributed by atoms with van der Waals surface area (Å²) in [7, 11) is 7.61. The zero-order chi connectivity index (χ0) is 25.4. The number of rotatable bonds is 10. The minimum absolute atomic E-state index is 0.0482. The van der Waals surface area contributed by atoms with Gasteiger partial charge in [-0.15, -0.1) is 0 Å². The normalized spacial score (nSPS) is 11.0. The summed E-state index contributed by atoms with van der Waals surface area (Å²) in [6.45, 7) is 0. The number of aromatic hydroxyl groups is 1. The van der Waals surface area contributed by atoms with Crippen molar-refractivity contribution in [2.45, 2.75) is 0 Å². The molecule has 0 saturated carbocycles. The van der Waals surface area contributed by atoms with Crippen molar-refractivity contribution in [1.29, 1.82) is 0 Å². The van der Waals surface area contributed by atoms with E-state index in [4.69, 9.17) is 23.7 Å². The Kier molecular flexibility index (Phi) is 8.40. The Morgan fingerprint density at radius 1 is 0.657 bits per heavy atom. The Hall–Kier alpha value is -4.39. The monoisotopic (exact) mass is 476 g/mol. The molecule has 0 aliphatic rings. The Labute approximate surface area is 204 Å². The lowest BCUT2D eigenvalue weighted by Gasteiger charge is -2.12. The standard InChI is InChI=1S/C28H28O7/c1-31-21-16-24(32-2)22(25(17-21)33-3)12-13-23(29)20-10-8-18(9-11-20)6-7-19-14-26(34-4)28(30)27(15-19)35-5/h6-17,30H,1-5H3/b7-6+,13-12+. The summed E-state index contributed by atoms with van der Waals surface area (Å²) in [6.07, 6.45) is 6.90. The topological polar surface area (TPSA) is 83.5 Å². The largest absolute Gasteiger partial charge is 0.502 e. The fourth-order valence-corrected chi connectivity index (χ4v) is 3.41. The number of ether oxygens (including phenoxy) is 5. The third-order valence-corrected chi connectivity index (χ3v) is 5.32. The third kappa shape index (κ3) is 5.95. The van der Waals surface area contributed by atoms with Gasteiger partial charge < -0.3 is 28.8 Å². The van der Waals surface area contributed by atoms with Crippen LogP contribution in [0.5, 0.6) is 34.5 Å². The third-order valence-electron chi connectivity index (χ3n) is 5.32. The van der Waals surface area contributed by atoms with Gasteiger partial charge in [-0.3, -0.25) is 4.79 Å². The lowest BCUT2D eigenvalue weighted by atomic mass is 10.0. The van der Waals surface area contributed by atoms with Crippen LogP contribution >= 0.6 is 0 Å². The van der Waals surface area contributed by atoms with Crippen molar-refractivity contribution in [1.82, 2.24) is 0 Å². The van der Waals surface area contributed by atoms with Gasteiger partial charge in [0, 0.05) is 17.7 Å². The fourth-order valence-electron chi connectivity index (χ4n) is 3.41. The number of phenolic OH excluding ortho intramolecular Hbond substituents is 1. The fraction of sp³-hybridized carbons (Fsp3) is 0.179. The molecule has 182 valence electrons. The number of hydrogen-bond acceptors (Lipinski definition) is 7. The van der Waals surface area contributed by atoms with E-state index in [-0.39, 0.29) is 11.5 Å². The number of hydrogen-bond donors (Lipinski definition) is 1. The van der Waals surface area contributed by atoms with Crippen molar-refractivity contribution in [2.24, 2.45) is 0 Å². The van der Waals surface area contributed by atoms with Crippen molar-refractivity contribution >= 4 is 24.0 Å². The molecule has 0 aliphatic heterocycles. The highest BCUT2D eigenvalue weighted by Gasteiger charge is 2.12. The molecule has 0 aromatic heterocycles. The number of phenols is 1. The molecule has 7 nitrogen and oxygen atoms in total. The quantitative estimate of drug-likeness (QED) is 0.235. The van der Waals surface area contributed by atoms with Crippen LogP contribution in [0.15, 0.2) is 54.6 Å². The van der Waals surface area contributed by atoms with E-state index in [0.29, 0.717) is 39.9 Å². The first-order valence-electron chi connectivity index (χ1n) is 10.7. The molecule has 0 atom stereocenters. The Morgan fingerprint density at radius 2 is 1.17 bits per heavy atom. The van der Waals surface area contributed by atoms with Gasteiger partial charge in [-0.2, -0.15) is 0 Å². The van der Waals surface area contributed by atoms with Gasteiger partial charge in [-0.05, 0) is 35.4 Å². The van der Waals surface area contributed by atoms with Crippen LogP contribution < -0.4 is 23.7 Å². The summed E-state index contributed by atoms with van der Waals surface area (Å²) in [5, 5.41) is 10.0. The number of allylic oxidation sites excluding steroid dienone is 1. The minimum Gasteiger partial charge on any atom is -0.502 e. The second-order valence-corrected chi connectivity index (χ2v) is 7.37. The van der Waals surface area contributed by atoms with Gasteiger partial charge in [0.25, 0.3) is 0 Å². The van der Waals surface area contributed by atoms with Crippen molar-refractivity contribution in [3.8, 4) is 34.5 Å². The number of carbonyl (C=O) groups excluding carboxylic acids is 1. The smallest absolute Gasteiger partial charge is 0.200 e. The van der Waals surface area contributed by atoms with Crippen LogP contribution in [-0.4, -0.2) is 46.4 Å². The molecule has 1 N–H and O–H groups in total. The van der Waals surface area contributed by atoms with Crippen LogP contribution in [0.4, 0.5) is 0 Å². The zero-order valence-electron chi connectivity index (χ0n) is 20.3. The first-order chi connectivity index (χ1) is 16.9. The van der Waals surface area contributed by atoms with Crippen LogP contribution in [0.2, 0.25) is 0 Å². The van der Waals surface area contributed by atoms with Crippen LogP contribution in [0.25, 0.3) is 18.2 Å². The Balaban J connectivity index is 1.78. The molecule has 0 amide bonds. The van der Waals surface area contributed by atoms with Gasteiger partial charge in [-0.25, -0.2) is 0 Å². The predicted octanol–water partition coefficient (Wildman–Crippen LogP) is 5.50. The van der Waals surface area contributed by atoms with E-state index in [2.05, 4.69) is 0 Å². The van der Waals surface area contributed by atoms with Crippen LogP contribution in [0.3, 0.4) is 0 Å². The highest BCUT2D eigenvalue weighted by atomic mass is 16.5. The highest BCUT2D eigenvalue weighted by molar-refractivity contribution is 6.07. The van der Waals surface area contributed by atoms with E-state index in [9.17, 15) is 9.90 Å². The number of methoxy groups -OCH3 is 5. The van der Waals surface area contributed by atoms with Crippen molar-refractivity contribution in [2.75, 3.05) is 35.5 Å². The molecule has 7 heteroatoms. The molecule has 0 saturated heterocycles. The molecule has 0 bridgehead atoms. The minimum atomic E-state index is -0.159. The second-order valence-electron chi connectivity index (χ2n) is 7.37. The maximum absolute atomic E-state index is 12.7. The average molecular weight is 477 g/mol. The number of carbonyl (C=O) groups is 1. The van der Waals surface area contributed by atoms with Gasteiger partial charge in [0.15, 0.2) is 17.3 Å². The predicted molar refractivity (Wildman–Crippen MR) is 136 cm³/mol. The molecule has 0 heterocycles. The molecule has 0 aliphatic carbocycles. The molecule has 0 spiro atoms. The van der Waals surface area contributed by atoms with Crippen LogP contribution in [-0.2, 0) is 0 Å². The summed E-state index contributed by atoms with van der Waals surface area (Å²) >= 11 is 0. The van der Waals surface area contributed by atoms with Crippen LogP contribution in [0.1, 0.15) is 27.0 Å². The molecule has 3 aromatic carbocycles. The second kappa shape index (κ2) is 11.7. The van der Waals surface area contributed by atoms with Gasteiger partial charge in [-0.1, -0.05) is 36.4 Å².